The SMILES string of the molecule is CCc1cc2c(C(N)=O)c(-c3ccc(F)cc3)oc2nc1CN(CCCCC1C(=O)CCC1=O)S(C)(=O)=O. The number of aromatic nitrogens is 1. The van der Waals surface area contributed by atoms with E-state index in [0.717, 1.165) is 11.8 Å². The van der Waals surface area contributed by atoms with Crippen LogP contribution in [0, 0.1) is 11.7 Å². The Morgan fingerprint density at radius 3 is 2.39 bits per heavy atom. The van der Waals surface area contributed by atoms with Crippen molar-refractivity contribution >= 4 is 38.6 Å². The lowest BCUT2D eigenvalue weighted by molar-refractivity contribution is -0.127. The molecule has 2 aromatic heterocycles. The number of nitrogens with two attached hydrogens (primary N) is 1. The molecule has 1 aromatic carbocycles. The Kier molecular flexibility index (Phi) is 8.08. The standard InChI is InChI=1S/C27H30FN3O6S/c1-3-16-14-20-24(26(29)34)25(17-7-9-18(28)10-8-17)37-27(20)30-21(16)15-31(38(2,35)36)13-5-4-6-19-22(32)11-12-23(19)33/h7-10,14,19H,3-6,11-13,15H2,1-2H3,(H2,29,34). The van der Waals surface area contributed by atoms with Crippen LogP contribution in [-0.2, 0) is 32.6 Å². The maximum absolute atomic E-state index is 13.4. The molecule has 0 atom stereocenters. The maximum atomic E-state index is 13.4. The van der Waals surface area contributed by atoms with E-state index in [2.05, 4.69) is 4.98 Å². The first kappa shape index (κ1) is 27.6. The normalized spacial score (nSPS) is 14.7. The minimum atomic E-state index is -3.61. The highest BCUT2D eigenvalue weighted by Crippen LogP contribution is 2.34. The first-order valence-corrected chi connectivity index (χ1v) is 14.4. The number of furan rings is 1. The van der Waals surface area contributed by atoms with Crippen molar-refractivity contribution < 1.29 is 31.6 Å². The Bertz CT molecular complexity index is 1480. The van der Waals surface area contributed by atoms with Crippen LogP contribution in [0.15, 0.2) is 34.7 Å². The number of pyridine rings is 1. The summed E-state index contributed by atoms with van der Waals surface area (Å²) in [6.45, 7) is 2.07. The highest BCUT2D eigenvalue weighted by molar-refractivity contribution is 7.88. The van der Waals surface area contributed by atoms with Crippen molar-refractivity contribution in [1.29, 1.82) is 0 Å². The summed E-state index contributed by atoms with van der Waals surface area (Å²) in [6.07, 6.45) is 3.66. The van der Waals surface area contributed by atoms with Crippen LogP contribution in [0.2, 0.25) is 0 Å². The van der Waals surface area contributed by atoms with E-state index in [1.807, 2.05) is 6.92 Å². The van der Waals surface area contributed by atoms with Crippen LogP contribution >= 0.6 is 0 Å². The fraction of sp³-hybridized carbons (Fsp3) is 0.407. The summed E-state index contributed by atoms with van der Waals surface area (Å²) in [6, 6.07) is 7.16. The van der Waals surface area contributed by atoms with E-state index in [0.29, 0.717) is 55.2 Å². The van der Waals surface area contributed by atoms with Gasteiger partial charge in [0.15, 0.2) is 0 Å². The molecule has 0 unspecified atom stereocenters. The van der Waals surface area contributed by atoms with Crippen molar-refractivity contribution in [1.82, 2.24) is 9.29 Å². The Hall–Kier alpha value is -3.44. The molecule has 4 rings (SSSR count). The number of carbonyl (C=O) groups is 3. The summed E-state index contributed by atoms with van der Waals surface area (Å²) in [5.41, 5.74) is 7.56. The lowest BCUT2D eigenvalue weighted by atomic mass is 9.99. The van der Waals surface area contributed by atoms with Crippen molar-refractivity contribution in [2.45, 2.75) is 52.0 Å². The molecule has 1 aliphatic carbocycles. The maximum Gasteiger partial charge on any atom is 0.253 e. The van der Waals surface area contributed by atoms with Gasteiger partial charge in [0.2, 0.25) is 15.7 Å². The quantitative estimate of drug-likeness (QED) is 0.287. The molecule has 11 heteroatoms. The number of hydrogen-bond donors (Lipinski definition) is 1. The summed E-state index contributed by atoms with van der Waals surface area (Å²) in [5, 5.41) is 0.397. The van der Waals surface area contributed by atoms with Gasteiger partial charge < -0.3 is 10.2 Å². The number of rotatable bonds is 11. The lowest BCUT2D eigenvalue weighted by Gasteiger charge is -2.21. The molecule has 2 heterocycles. The average Bonchev–Trinajstić information content (AvgIpc) is 3.39. The molecule has 2 N–H and O–H groups in total. The van der Waals surface area contributed by atoms with E-state index in [-0.39, 0.29) is 41.7 Å². The molecule has 0 bridgehead atoms. The molecule has 0 aliphatic heterocycles. The zero-order valence-electron chi connectivity index (χ0n) is 21.3. The first-order chi connectivity index (χ1) is 18.0. The average molecular weight is 544 g/mol. The largest absolute Gasteiger partial charge is 0.437 e. The van der Waals surface area contributed by atoms with Gasteiger partial charge in [-0.2, -0.15) is 4.31 Å². The number of nitrogens with zero attached hydrogens (tertiary/aromatic N) is 2. The minimum absolute atomic E-state index is 0.0161. The van der Waals surface area contributed by atoms with E-state index in [4.69, 9.17) is 10.2 Å². The van der Waals surface area contributed by atoms with Gasteiger partial charge in [0.25, 0.3) is 5.91 Å². The van der Waals surface area contributed by atoms with E-state index in [1.165, 1.54) is 28.6 Å². The van der Waals surface area contributed by atoms with Gasteiger partial charge in [-0.25, -0.2) is 17.8 Å². The number of unbranched alkanes of at least 4 members (excludes halogenated alkanes) is 1. The lowest BCUT2D eigenvalue weighted by Crippen LogP contribution is -2.31. The smallest absolute Gasteiger partial charge is 0.253 e. The molecular weight excluding hydrogens is 513 g/mol. The van der Waals surface area contributed by atoms with Crippen molar-refractivity contribution in [3.05, 3.63) is 53.0 Å². The third-order valence-corrected chi connectivity index (χ3v) is 8.18. The molecule has 0 spiro atoms. The number of benzene rings is 1. The topological polar surface area (TPSA) is 141 Å². The van der Waals surface area contributed by atoms with Crippen LogP contribution in [0.5, 0.6) is 0 Å². The molecule has 1 fully saturated rings. The Labute approximate surface area is 220 Å². The number of ketones is 2. The zero-order valence-corrected chi connectivity index (χ0v) is 22.1. The highest BCUT2D eigenvalue weighted by atomic mass is 32.2. The van der Waals surface area contributed by atoms with Gasteiger partial charge >= 0.3 is 0 Å². The van der Waals surface area contributed by atoms with E-state index < -0.39 is 27.7 Å². The van der Waals surface area contributed by atoms with Crippen molar-refractivity contribution in [3.63, 3.8) is 0 Å². The molecule has 0 saturated heterocycles. The van der Waals surface area contributed by atoms with Gasteiger partial charge in [-0.15, -0.1) is 0 Å². The molecular formula is C27H30FN3O6S. The second-order valence-electron chi connectivity index (χ2n) is 9.56. The molecule has 1 aliphatic rings. The molecule has 0 radical (unpaired) electrons. The van der Waals surface area contributed by atoms with Crippen LogP contribution in [-0.4, -0.2) is 48.0 Å². The highest BCUT2D eigenvalue weighted by Gasteiger charge is 2.32. The number of Topliss-reactive ketones (excluding diaryl/α,β-unsaturated/α-hetero) is 2. The second kappa shape index (κ2) is 11.1. The number of primary amides is 1. The predicted octanol–water partition coefficient (Wildman–Crippen LogP) is 3.78. The summed E-state index contributed by atoms with van der Waals surface area (Å²) in [4.78, 5) is 40.7. The van der Waals surface area contributed by atoms with Gasteiger partial charge in [0.1, 0.15) is 23.1 Å². The van der Waals surface area contributed by atoms with Gasteiger partial charge in [0.05, 0.1) is 35.4 Å². The van der Waals surface area contributed by atoms with Crippen LogP contribution in [0.1, 0.15) is 60.6 Å². The summed E-state index contributed by atoms with van der Waals surface area (Å²) in [7, 11) is -3.61. The number of sulfonamides is 1. The van der Waals surface area contributed by atoms with Crippen molar-refractivity contribution in [3.8, 4) is 11.3 Å². The molecule has 202 valence electrons. The molecule has 1 amide bonds. The van der Waals surface area contributed by atoms with Crippen molar-refractivity contribution in [2.75, 3.05) is 12.8 Å². The monoisotopic (exact) mass is 543 g/mol. The minimum Gasteiger partial charge on any atom is -0.437 e. The first-order valence-electron chi connectivity index (χ1n) is 12.5. The number of amides is 1. The number of carbonyl (C=O) groups excluding carboxylic acids is 3. The van der Waals surface area contributed by atoms with Crippen LogP contribution in [0.3, 0.4) is 0 Å². The Morgan fingerprint density at radius 2 is 1.82 bits per heavy atom. The molecule has 1 saturated carbocycles. The Balaban J connectivity index is 1.61. The predicted molar refractivity (Wildman–Crippen MR) is 139 cm³/mol. The number of hydrogen-bond acceptors (Lipinski definition) is 7. The number of fused-ring (bicyclic) bond motifs is 1. The number of halogens is 1. The fourth-order valence-electron chi connectivity index (χ4n) is 4.86. The van der Waals surface area contributed by atoms with E-state index >= 15 is 0 Å². The second-order valence-corrected chi connectivity index (χ2v) is 11.5. The zero-order chi connectivity index (χ0) is 27.6. The molecule has 3 aromatic rings. The van der Waals surface area contributed by atoms with E-state index in [9.17, 15) is 27.2 Å². The third kappa shape index (κ3) is 5.83. The molecule has 9 nitrogen and oxygen atoms in total. The van der Waals surface area contributed by atoms with Crippen molar-refractivity contribution in [2.24, 2.45) is 11.7 Å². The summed E-state index contributed by atoms with van der Waals surface area (Å²) in [5.74, 6) is -1.64. The van der Waals surface area contributed by atoms with Gasteiger partial charge in [-0.05, 0) is 55.2 Å². The van der Waals surface area contributed by atoms with Gasteiger partial charge in [-0.3, -0.25) is 14.4 Å². The summed E-state index contributed by atoms with van der Waals surface area (Å²) >= 11 is 0. The Morgan fingerprint density at radius 1 is 1.16 bits per heavy atom. The summed E-state index contributed by atoms with van der Waals surface area (Å²) < 4.78 is 45.8. The van der Waals surface area contributed by atoms with Gasteiger partial charge in [-0.1, -0.05) is 13.3 Å². The van der Waals surface area contributed by atoms with Gasteiger partial charge in [0, 0.05) is 24.9 Å². The molecule has 38 heavy (non-hydrogen) atoms. The van der Waals surface area contributed by atoms with Crippen LogP contribution in [0.25, 0.3) is 22.4 Å². The fourth-order valence-corrected chi connectivity index (χ4v) is 5.67. The number of aryl methyl sites for hydroxylation is 1. The van der Waals surface area contributed by atoms with Crippen LogP contribution < -0.4 is 5.73 Å². The van der Waals surface area contributed by atoms with E-state index in [1.54, 1.807) is 6.07 Å². The third-order valence-electron chi connectivity index (χ3n) is 6.93. The van der Waals surface area contributed by atoms with Crippen LogP contribution in [0.4, 0.5) is 4.39 Å².